The monoisotopic (exact) mass is 202 g/mol. The topological polar surface area (TPSA) is 17.8 Å². The number of aromatic nitrogens is 2. The van der Waals surface area contributed by atoms with Crippen molar-refractivity contribution >= 4 is 10.9 Å². The molecule has 0 spiro atoms. The molecule has 0 unspecified atom stereocenters. The van der Waals surface area contributed by atoms with Crippen LogP contribution in [-0.2, 0) is 6.54 Å². The fourth-order valence-electron chi connectivity index (χ4n) is 1.85. The van der Waals surface area contributed by atoms with Gasteiger partial charge >= 0.3 is 0 Å². The van der Waals surface area contributed by atoms with E-state index in [1.165, 1.54) is 23.7 Å². The number of benzene rings is 1. The quantitative estimate of drug-likeness (QED) is 0.742. The summed E-state index contributed by atoms with van der Waals surface area (Å²) in [6.45, 7) is 5.56. The summed E-state index contributed by atoms with van der Waals surface area (Å²) < 4.78 is 2.11. The van der Waals surface area contributed by atoms with Crippen LogP contribution in [0.25, 0.3) is 10.9 Å². The smallest absolute Gasteiger partial charge is 0.0682 e. The molecule has 1 aromatic carbocycles. The summed E-state index contributed by atoms with van der Waals surface area (Å²) in [4.78, 5) is 0. The molecule has 0 saturated carbocycles. The summed E-state index contributed by atoms with van der Waals surface area (Å²) in [5.41, 5.74) is 1.25. The lowest BCUT2D eigenvalue weighted by atomic mass is 10.1. The van der Waals surface area contributed by atoms with Gasteiger partial charge in [0.25, 0.3) is 0 Å². The first-order valence-electron chi connectivity index (χ1n) is 5.68. The van der Waals surface area contributed by atoms with Crippen LogP contribution < -0.4 is 0 Å². The Morgan fingerprint density at radius 2 is 2.07 bits per heavy atom. The van der Waals surface area contributed by atoms with Crippen LogP contribution in [0, 0.1) is 5.92 Å². The molecule has 2 aromatic rings. The molecule has 0 aliphatic carbocycles. The van der Waals surface area contributed by atoms with Crippen LogP contribution >= 0.6 is 0 Å². The second-order valence-electron chi connectivity index (χ2n) is 4.46. The van der Waals surface area contributed by atoms with Crippen LogP contribution in [0.5, 0.6) is 0 Å². The summed E-state index contributed by atoms with van der Waals surface area (Å²) in [5, 5.41) is 5.65. The van der Waals surface area contributed by atoms with E-state index in [9.17, 15) is 0 Å². The van der Waals surface area contributed by atoms with Crippen LogP contribution in [-0.4, -0.2) is 9.78 Å². The molecule has 1 heterocycles. The fraction of sp³-hybridized carbons (Fsp3) is 0.462. The lowest BCUT2D eigenvalue weighted by Crippen LogP contribution is -2.01. The lowest BCUT2D eigenvalue weighted by Gasteiger charge is -2.05. The van der Waals surface area contributed by atoms with Gasteiger partial charge in [0.1, 0.15) is 0 Å². The number of aryl methyl sites for hydroxylation is 1. The zero-order chi connectivity index (χ0) is 10.7. The molecule has 0 bridgehead atoms. The molecule has 0 aliphatic heterocycles. The third-order valence-electron chi connectivity index (χ3n) is 2.70. The number of hydrogen-bond donors (Lipinski definition) is 0. The van der Waals surface area contributed by atoms with Gasteiger partial charge in [-0.1, -0.05) is 32.0 Å². The molecular weight excluding hydrogens is 184 g/mol. The van der Waals surface area contributed by atoms with Gasteiger partial charge in [0, 0.05) is 11.9 Å². The minimum absolute atomic E-state index is 0.784. The maximum absolute atomic E-state index is 4.41. The van der Waals surface area contributed by atoms with Crippen molar-refractivity contribution in [3.05, 3.63) is 30.5 Å². The maximum atomic E-state index is 4.41. The summed E-state index contributed by atoms with van der Waals surface area (Å²) in [7, 11) is 0. The summed E-state index contributed by atoms with van der Waals surface area (Å²) in [6, 6.07) is 8.38. The maximum Gasteiger partial charge on any atom is 0.0682 e. The van der Waals surface area contributed by atoms with Crippen molar-refractivity contribution in [2.45, 2.75) is 33.2 Å². The largest absolute Gasteiger partial charge is 0.265 e. The zero-order valence-corrected chi connectivity index (χ0v) is 9.48. The van der Waals surface area contributed by atoms with Crippen molar-refractivity contribution < 1.29 is 0 Å². The standard InChI is InChI=1S/C13H18N2/c1-11(2)6-5-9-15-13-8-4-3-7-12(13)10-14-15/h3-4,7-8,10-11H,5-6,9H2,1-2H3. The Morgan fingerprint density at radius 1 is 1.27 bits per heavy atom. The molecule has 15 heavy (non-hydrogen) atoms. The SMILES string of the molecule is CC(C)CCCn1ncc2ccccc21. The molecule has 0 aliphatic rings. The number of hydrogen-bond acceptors (Lipinski definition) is 1. The molecule has 0 atom stereocenters. The Balaban J connectivity index is 2.08. The van der Waals surface area contributed by atoms with E-state index < -0.39 is 0 Å². The summed E-state index contributed by atoms with van der Waals surface area (Å²) >= 11 is 0. The van der Waals surface area contributed by atoms with Gasteiger partial charge in [-0.2, -0.15) is 5.10 Å². The Bertz CT molecular complexity index is 429. The van der Waals surface area contributed by atoms with Crippen LogP contribution in [0.3, 0.4) is 0 Å². The minimum atomic E-state index is 0.784. The first-order valence-corrected chi connectivity index (χ1v) is 5.68. The highest BCUT2D eigenvalue weighted by Crippen LogP contribution is 2.14. The molecule has 2 heteroatoms. The van der Waals surface area contributed by atoms with E-state index in [-0.39, 0.29) is 0 Å². The second-order valence-corrected chi connectivity index (χ2v) is 4.46. The first-order chi connectivity index (χ1) is 7.27. The van der Waals surface area contributed by atoms with Gasteiger partial charge in [-0.3, -0.25) is 4.68 Å². The minimum Gasteiger partial charge on any atom is -0.265 e. The lowest BCUT2D eigenvalue weighted by molar-refractivity contribution is 0.497. The van der Waals surface area contributed by atoms with Gasteiger partial charge in [-0.15, -0.1) is 0 Å². The van der Waals surface area contributed by atoms with Crippen molar-refractivity contribution in [2.24, 2.45) is 5.92 Å². The molecule has 0 saturated heterocycles. The molecule has 0 amide bonds. The highest BCUT2D eigenvalue weighted by molar-refractivity contribution is 5.78. The normalized spacial score (nSPS) is 11.4. The van der Waals surface area contributed by atoms with Crippen molar-refractivity contribution in [1.29, 1.82) is 0 Å². The summed E-state index contributed by atoms with van der Waals surface area (Å²) in [6.07, 6.45) is 4.43. The molecule has 0 fully saturated rings. The Labute approximate surface area is 90.9 Å². The van der Waals surface area contributed by atoms with Crippen LogP contribution in [0.4, 0.5) is 0 Å². The van der Waals surface area contributed by atoms with Gasteiger partial charge in [0.2, 0.25) is 0 Å². The van der Waals surface area contributed by atoms with Gasteiger partial charge in [-0.05, 0) is 24.8 Å². The predicted octanol–water partition coefficient (Wildman–Crippen LogP) is 3.47. The van der Waals surface area contributed by atoms with E-state index in [1.807, 2.05) is 6.20 Å². The molecule has 2 nitrogen and oxygen atoms in total. The van der Waals surface area contributed by atoms with Gasteiger partial charge in [-0.25, -0.2) is 0 Å². The van der Waals surface area contributed by atoms with E-state index in [0.717, 1.165) is 12.5 Å². The van der Waals surface area contributed by atoms with Crippen molar-refractivity contribution in [2.75, 3.05) is 0 Å². The van der Waals surface area contributed by atoms with E-state index in [2.05, 4.69) is 47.9 Å². The third-order valence-corrected chi connectivity index (χ3v) is 2.70. The van der Waals surface area contributed by atoms with Gasteiger partial charge in [0.15, 0.2) is 0 Å². The molecule has 0 N–H and O–H groups in total. The van der Waals surface area contributed by atoms with E-state index in [0.29, 0.717) is 0 Å². The molecule has 0 radical (unpaired) electrons. The predicted molar refractivity (Wildman–Crippen MR) is 63.8 cm³/mol. The fourth-order valence-corrected chi connectivity index (χ4v) is 1.85. The average molecular weight is 202 g/mol. The summed E-state index contributed by atoms with van der Waals surface area (Å²) in [5.74, 6) is 0.784. The van der Waals surface area contributed by atoms with E-state index in [4.69, 9.17) is 0 Å². The zero-order valence-electron chi connectivity index (χ0n) is 9.48. The second kappa shape index (κ2) is 4.47. The molecular formula is C13H18N2. The molecule has 1 aromatic heterocycles. The van der Waals surface area contributed by atoms with Crippen LogP contribution in [0.15, 0.2) is 30.5 Å². The molecule has 2 rings (SSSR count). The van der Waals surface area contributed by atoms with Crippen molar-refractivity contribution in [3.63, 3.8) is 0 Å². The highest BCUT2D eigenvalue weighted by Gasteiger charge is 2.01. The van der Waals surface area contributed by atoms with Crippen LogP contribution in [0.2, 0.25) is 0 Å². The first kappa shape index (κ1) is 10.2. The Kier molecular flexibility index (Phi) is 3.05. The van der Waals surface area contributed by atoms with E-state index >= 15 is 0 Å². The Hall–Kier alpha value is -1.31. The third kappa shape index (κ3) is 2.38. The number of para-hydroxylation sites is 1. The van der Waals surface area contributed by atoms with Gasteiger partial charge in [0.05, 0.1) is 11.7 Å². The van der Waals surface area contributed by atoms with Crippen molar-refractivity contribution in [3.8, 4) is 0 Å². The number of nitrogens with zero attached hydrogens (tertiary/aromatic N) is 2. The number of fused-ring (bicyclic) bond motifs is 1. The average Bonchev–Trinajstić information content (AvgIpc) is 2.62. The highest BCUT2D eigenvalue weighted by atomic mass is 15.3. The van der Waals surface area contributed by atoms with E-state index in [1.54, 1.807) is 0 Å². The molecule has 80 valence electrons. The van der Waals surface area contributed by atoms with Gasteiger partial charge < -0.3 is 0 Å². The van der Waals surface area contributed by atoms with Crippen molar-refractivity contribution in [1.82, 2.24) is 9.78 Å². The Morgan fingerprint density at radius 3 is 2.87 bits per heavy atom. The van der Waals surface area contributed by atoms with Crippen LogP contribution in [0.1, 0.15) is 26.7 Å². The number of rotatable bonds is 4.